The van der Waals surface area contributed by atoms with Crippen LogP contribution in [0.4, 0.5) is 4.39 Å². The molecule has 0 aromatic heterocycles. The van der Waals surface area contributed by atoms with Crippen LogP contribution < -0.4 is 10.1 Å². The van der Waals surface area contributed by atoms with Crippen LogP contribution >= 0.6 is 0 Å². The fraction of sp³-hybridized carbons (Fsp3) is 0.500. The number of hydrogen-bond donors (Lipinski definition) is 1. The Morgan fingerprint density at radius 2 is 2.42 bits per heavy atom. The van der Waals surface area contributed by atoms with E-state index in [0.29, 0.717) is 6.54 Å². The number of carbonyl (C=O) groups is 1. The van der Waals surface area contributed by atoms with Crippen molar-refractivity contribution < 1.29 is 18.7 Å². The van der Waals surface area contributed by atoms with Crippen molar-refractivity contribution in [2.24, 2.45) is 0 Å². The van der Waals surface area contributed by atoms with Gasteiger partial charge >= 0.3 is 0 Å². The van der Waals surface area contributed by atoms with Gasteiger partial charge in [0.15, 0.2) is 18.2 Å². The average molecular weight is 267 g/mol. The minimum atomic E-state index is -0.461. The summed E-state index contributed by atoms with van der Waals surface area (Å²) in [5, 5.41) is 2.72. The van der Waals surface area contributed by atoms with E-state index in [2.05, 4.69) is 5.32 Å². The van der Waals surface area contributed by atoms with Crippen molar-refractivity contribution in [3.8, 4) is 5.75 Å². The number of benzene rings is 1. The van der Waals surface area contributed by atoms with Crippen LogP contribution in [0.2, 0.25) is 0 Å². The van der Waals surface area contributed by atoms with Crippen molar-refractivity contribution in [3.05, 3.63) is 29.6 Å². The first-order chi connectivity index (χ1) is 9.15. The Bertz CT molecular complexity index is 444. The second-order valence-electron chi connectivity index (χ2n) is 4.66. The topological polar surface area (TPSA) is 47.6 Å². The van der Waals surface area contributed by atoms with Crippen molar-refractivity contribution in [1.82, 2.24) is 5.32 Å². The van der Waals surface area contributed by atoms with Crippen LogP contribution in [0.15, 0.2) is 18.2 Å². The fourth-order valence-corrected chi connectivity index (χ4v) is 1.95. The molecule has 1 aliphatic heterocycles. The summed E-state index contributed by atoms with van der Waals surface area (Å²) in [7, 11) is 0. The Kier molecular flexibility index (Phi) is 4.74. The summed E-state index contributed by atoms with van der Waals surface area (Å²) in [5.74, 6) is -0.624. The average Bonchev–Trinajstić information content (AvgIpc) is 2.90. The summed E-state index contributed by atoms with van der Waals surface area (Å²) in [6, 6.07) is 4.55. The molecule has 1 aliphatic rings. The molecule has 1 N–H and O–H groups in total. The maximum atomic E-state index is 13.4. The fourth-order valence-electron chi connectivity index (χ4n) is 1.95. The van der Waals surface area contributed by atoms with Crippen molar-refractivity contribution in [2.45, 2.75) is 25.9 Å². The smallest absolute Gasteiger partial charge is 0.258 e. The van der Waals surface area contributed by atoms with E-state index in [-0.39, 0.29) is 24.4 Å². The lowest BCUT2D eigenvalue weighted by Crippen LogP contribution is -2.35. The van der Waals surface area contributed by atoms with Crippen LogP contribution in [0.5, 0.6) is 5.75 Å². The molecule has 1 saturated heterocycles. The lowest BCUT2D eigenvalue weighted by Gasteiger charge is -2.11. The molecule has 1 amide bonds. The summed E-state index contributed by atoms with van der Waals surface area (Å²) in [6.07, 6.45) is 2.10. The molecule has 1 heterocycles. The van der Waals surface area contributed by atoms with E-state index in [1.165, 1.54) is 6.07 Å². The van der Waals surface area contributed by atoms with E-state index in [4.69, 9.17) is 9.47 Å². The first-order valence-corrected chi connectivity index (χ1v) is 6.42. The second-order valence-corrected chi connectivity index (χ2v) is 4.66. The normalized spacial score (nSPS) is 18.3. The molecule has 1 aromatic carbocycles. The number of rotatable bonds is 5. The lowest BCUT2D eigenvalue weighted by molar-refractivity contribution is -0.123. The molecule has 5 heteroatoms. The monoisotopic (exact) mass is 267 g/mol. The Hall–Kier alpha value is -1.62. The van der Waals surface area contributed by atoms with Gasteiger partial charge in [-0.05, 0) is 37.5 Å². The van der Waals surface area contributed by atoms with E-state index in [0.717, 1.165) is 25.0 Å². The third-order valence-electron chi connectivity index (χ3n) is 3.00. The SMILES string of the molecule is Cc1ccc(F)c(OCC(=O)NC[C@H]2CCCO2)c1. The third-order valence-corrected chi connectivity index (χ3v) is 3.00. The molecule has 1 fully saturated rings. The highest BCUT2D eigenvalue weighted by Gasteiger charge is 2.16. The van der Waals surface area contributed by atoms with E-state index < -0.39 is 5.82 Å². The Balaban J connectivity index is 1.74. The van der Waals surface area contributed by atoms with Crippen LogP contribution in [0.1, 0.15) is 18.4 Å². The van der Waals surface area contributed by atoms with Crippen LogP contribution in [0, 0.1) is 12.7 Å². The highest BCUT2D eigenvalue weighted by molar-refractivity contribution is 5.77. The van der Waals surface area contributed by atoms with Gasteiger partial charge in [-0.15, -0.1) is 0 Å². The standard InChI is InChI=1S/C14H18FNO3/c1-10-4-5-12(15)13(7-10)19-9-14(17)16-8-11-3-2-6-18-11/h4-5,7,11H,2-3,6,8-9H2,1H3,(H,16,17)/t11-/m1/s1. The van der Waals surface area contributed by atoms with Gasteiger partial charge < -0.3 is 14.8 Å². The molecule has 1 aromatic rings. The van der Waals surface area contributed by atoms with Crippen molar-refractivity contribution in [1.29, 1.82) is 0 Å². The molecule has 0 unspecified atom stereocenters. The van der Waals surface area contributed by atoms with Gasteiger partial charge in [-0.25, -0.2) is 4.39 Å². The van der Waals surface area contributed by atoms with E-state index in [1.807, 2.05) is 6.92 Å². The highest BCUT2D eigenvalue weighted by Crippen LogP contribution is 2.18. The first kappa shape index (κ1) is 13.8. The van der Waals surface area contributed by atoms with Crippen molar-refractivity contribution >= 4 is 5.91 Å². The number of carbonyl (C=O) groups excluding carboxylic acids is 1. The summed E-state index contributed by atoms with van der Waals surface area (Å²) in [4.78, 5) is 11.6. The zero-order valence-electron chi connectivity index (χ0n) is 10.9. The second kappa shape index (κ2) is 6.52. The maximum Gasteiger partial charge on any atom is 0.258 e. The number of ether oxygens (including phenoxy) is 2. The minimum Gasteiger partial charge on any atom is -0.481 e. The number of halogens is 1. The number of aryl methyl sites for hydroxylation is 1. The molecule has 1 atom stereocenters. The van der Waals surface area contributed by atoms with E-state index >= 15 is 0 Å². The molecular weight excluding hydrogens is 249 g/mol. The largest absolute Gasteiger partial charge is 0.481 e. The van der Waals surface area contributed by atoms with Gasteiger partial charge in [-0.2, -0.15) is 0 Å². The summed E-state index contributed by atoms with van der Waals surface area (Å²) in [6.45, 7) is 2.89. The van der Waals surface area contributed by atoms with Gasteiger partial charge in [-0.3, -0.25) is 4.79 Å². The molecule has 2 rings (SSSR count). The van der Waals surface area contributed by atoms with Gasteiger partial charge in [0.2, 0.25) is 0 Å². The van der Waals surface area contributed by atoms with Crippen molar-refractivity contribution in [2.75, 3.05) is 19.8 Å². The van der Waals surface area contributed by atoms with Crippen molar-refractivity contribution in [3.63, 3.8) is 0 Å². The Morgan fingerprint density at radius 1 is 1.58 bits per heavy atom. The molecule has 0 aliphatic carbocycles. The van der Waals surface area contributed by atoms with Gasteiger partial charge in [-0.1, -0.05) is 6.07 Å². The molecule has 19 heavy (non-hydrogen) atoms. The van der Waals surface area contributed by atoms with E-state index in [9.17, 15) is 9.18 Å². The predicted octanol–water partition coefficient (Wildman–Crippen LogP) is 1.81. The molecular formula is C14H18FNO3. The van der Waals surface area contributed by atoms with Crippen LogP contribution in [-0.2, 0) is 9.53 Å². The number of hydrogen-bond acceptors (Lipinski definition) is 3. The minimum absolute atomic E-state index is 0.0969. The molecule has 0 saturated carbocycles. The number of amides is 1. The van der Waals surface area contributed by atoms with Crippen LogP contribution in [0.3, 0.4) is 0 Å². The first-order valence-electron chi connectivity index (χ1n) is 6.42. The quantitative estimate of drug-likeness (QED) is 0.885. The molecule has 4 nitrogen and oxygen atoms in total. The van der Waals surface area contributed by atoms with Gasteiger partial charge in [0, 0.05) is 13.2 Å². The van der Waals surface area contributed by atoms with E-state index in [1.54, 1.807) is 12.1 Å². The zero-order valence-corrected chi connectivity index (χ0v) is 10.9. The molecule has 104 valence electrons. The lowest BCUT2D eigenvalue weighted by atomic mass is 10.2. The van der Waals surface area contributed by atoms with Gasteiger partial charge in [0.05, 0.1) is 6.10 Å². The predicted molar refractivity (Wildman–Crippen MR) is 68.6 cm³/mol. The molecule has 0 bridgehead atoms. The number of nitrogens with one attached hydrogen (secondary N) is 1. The maximum absolute atomic E-state index is 13.4. The Labute approximate surface area is 111 Å². The van der Waals surface area contributed by atoms with Crippen LogP contribution in [0.25, 0.3) is 0 Å². The van der Waals surface area contributed by atoms with Crippen LogP contribution in [-0.4, -0.2) is 31.8 Å². The summed E-state index contributed by atoms with van der Waals surface area (Å²) < 4.78 is 23.9. The van der Waals surface area contributed by atoms with Gasteiger partial charge in [0.25, 0.3) is 5.91 Å². The molecule has 0 radical (unpaired) electrons. The summed E-state index contributed by atoms with van der Waals surface area (Å²) in [5.41, 5.74) is 0.885. The zero-order chi connectivity index (χ0) is 13.7. The summed E-state index contributed by atoms with van der Waals surface area (Å²) >= 11 is 0. The Morgan fingerprint density at radius 3 is 3.16 bits per heavy atom. The molecule has 0 spiro atoms. The van der Waals surface area contributed by atoms with Gasteiger partial charge in [0.1, 0.15) is 0 Å². The highest BCUT2D eigenvalue weighted by atomic mass is 19.1. The third kappa shape index (κ3) is 4.21.